The Labute approximate surface area is 159 Å². The average molecular weight is 381 g/mol. The molecule has 1 aromatic rings. The van der Waals surface area contributed by atoms with Gasteiger partial charge < -0.3 is 15.0 Å². The summed E-state index contributed by atoms with van der Waals surface area (Å²) in [4.78, 5) is 32.7. The summed E-state index contributed by atoms with van der Waals surface area (Å²) in [5.74, 6) is 0.405. The Morgan fingerprint density at radius 1 is 1.31 bits per heavy atom. The van der Waals surface area contributed by atoms with Crippen LogP contribution in [0.1, 0.15) is 12.1 Å². The number of thioether (sulfide) groups is 1. The third-order valence-electron chi connectivity index (χ3n) is 4.46. The Kier molecular flexibility index (Phi) is 8.70. The van der Waals surface area contributed by atoms with Gasteiger partial charge in [0.05, 0.1) is 7.11 Å². The monoisotopic (exact) mass is 380 g/mol. The summed E-state index contributed by atoms with van der Waals surface area (Å²) < 4.78 is 4.79. The maximum Gasteiger partial charge on any atom is 0.328 e. The molecule has 7 nitrogen and oxygen atoms in total. The molecule has 2 heterocycles. The van der Waals surface area contributed by atoms with E-state index in [9.17, 15) is 9.59 Å². The van der Waals surface area contributed by atoms with Crippen molar-refractivity contribution in [3.05, 3.63) is 30.1 Å². The van der Waals surface area contributed by atoms with Gasteiger partial charge in [0.15, 0.2) is 0 Å². The first-order valence-corrected chi connectivity index (χ1v) is 10.3. The molecule has 1 N–H and O–H groups in total. The van der Waals surface area contributed by atoms with Gasteiger partial charge in [0.1, 0.15) is 6.04 Å². The number of esters is 1. The van der Waals surface area contributed by atoms with Crippen LogP contribution in [0.25, 0.3) is 0 Å². The van der Waals surface area contributed by atoms with Crippen molar-refractivity contribution >= 4 is 23.8 Å². The molecule has 1 aliphatic heterocycles. The molecular formula is C18H28N4O3S. The van der Waals surface area contributed by atoms with Gasteiger partial charge >= 0.3 is 12.0 Å². The number of rotatable bonds is 8. The van der Waals surface area contributed by atoms with Crippen molar-refractivity contribution in [1.82, 2.24) is 20.1 Å². The molecule has 0 aliphatic carbocycles. The molecule has 144 valence electrons. The minimum atomic E-state index is -0.581. The minimum absolute atomic E-state index is 0.189. The van der Waals surface area contributed by atoms with Crippen molar-refractivity contribution in [2.24, 2.45) is 0 Å². The first-order chi connectivity index (χ1) is 12.6. The van der Waals surface area contributed by atoms with Crippen molar-refractivity contribution in [2.45, 2.75) is 18.9 Å². The van der Waals surface area contributed by atoms with Crippen LogP contribution < -0.4 is 5.32 Å². The van der Waals surface area contributed by atoms with E-state index in [0.29, 0.717) is 19.5 Å². The highest BCUT2D eigenvalue weighted by Gasteiger charge is 2.26. The molecule has 0 spiro atoms. The second kappa shape index (κ2) is 11.0. The van der Waals surface area contributed by atoms with Gasteiger partial charge in [0.2, 0.25) is 0 Å². The molecule has 1 aromatic heterocycles. The van der Waals surface area contributed by atoms with Crippen LogP contribution in [0.5, 0.6) is 0 Å². The van der Waals surface area contributed by atoms with E-state index in [0.717, 1.165) is 37.5 Å². The van der Waals surface area contributed by atoms with Crippen LogP contribution in [0.4, 0.5) is 4.79 Å². The highest BCUT2D eigenvalue weighted by atomic mass is 32.2. The molecular weight excluding hydrogens is 352 g/mol. The van der Waals surface area contributed by atoms with E-state index in [-0.39, 0.29) is 12.0 Å². The van der Waals surface area contributed by atoms with Crippen molar-refractivity contribution in [3.8, 4) is 0 Å². The summed E-state index contributed by atoms with van der Waals surface area (Å²) in [6.07, 6.45) is 5.27. The highest BCUT2D eigenvalue weighted by Crippen LogP contribution is 2.07. The number of amides is 2. The zero-order valence-corrected chi connectivity index (χ0v) is 16.3. The average Bonchev–Trinajstić information content (AvgIpc) is 2.70. The lowest BCUT2D eigenvalue weighted by atomic mass is 10.2. The largest absolute Gasteiger partial charge is 0.467 e. The summed E-state index contributed by atoms with van der Waals surface area (Å²) in [6, 6.07) is 5.18. The van der Waals surface area contributed by atoms with E-state index < -0.39 is 6.04 Å². The molecule has 0 bridgehead atoms. The lowest BCUT2D eigenvalue weighted by Crippen LogP contribution is -2.55. The van der Waals surface area contributed by atoms with E-state index in [1.165, 1.54) is 7.11 Å². The number of pyridine rings is 1. The predicted molar refractivity (Wildman–Crippen MR) is 103 cm³/mol. The van der Waals surface area contributed by atoms with E-state index in [1.54, 1.807) is 16.7 Å². The van der Waals surface area contributed by atoms with Crippen LogP contribution in [-0.4, -0.2) is 84.7 Å². The SMILES string of the molecule is COC(=O)C(CCSC)NC(=O)N1CCN(CCc2ccccn2)CC1. The number of nitrogens with zero attached hydrogens (tertiary/aromatic N) is 3. The van der Waals surface area contributed by atoms with Gasteiger partial charge in [-0.2, -0.15) is 11.8 Å². The number of carbonyl (C=O) groups excluding carboxylic acids is 2. The van der Waals surface area contributed by atoms with Crippen LogP contribution in [0.3, 0.4) is 0 Å². The number of urea groups is 1. The number of carbonyl (C=O) groups is 2. The topological polar surface area (TPSA) is 74.8 Å². The number of hydrogen-bond donors (Lipinski definition) is 1. The Hall–Kier alpha value is -1.80. The van der Waals surface area contributed by atoms with Crippen LogP contribution in [-0.2, 0) is 16.0 Å². The molecule has 1 atom stereocenters. The van der Waals surface area contributed by atoms with Crippen LogP contribution in [0.2, 0.25) is 0 Å². The number of methoxy groups -OCH3 is 1. The van der Waals surface area contributed by atoms with Crippen LogP contribution >= 0.6 is 11.8 Å². The summed E-state index contributed by atoms with van der Waals surface area (Å²) in [7, 11) is 1.35. The fraction of sp³-hybridized carbons (Fsp3) is 0.611. The van der Waals surface area contributed by atoms with Crippen molar-refractivity contribution in [2.75, 3.05) is 51.8 Å². The first-order valence-electron chi connectivity index (χ1n) is 8.88. The number of piperazine rings is 1. The molecule has 1 fully saturated rings. The summed E-state index contributed by atoms with van der Waals surface area (Å²) in [6.45, 7) is 3.90. The van der Waals surface area contributed by atoms with Crippen molar-refractivity contribution in [3.63, 3.8) is 0 Å². The van der Waals surface area contributed by atoms with Gasteiger partial charge in [-0.05, 0) is 30.6 Å². The van der Waals surface area contributed by atoms with Gasteiger partial charge in [0.25, 0.3) is 0 Å². The molecule has 0 saturated carbocycles. The number of ether oxygens (including phenoxy) is 1. The summed E-state index contributed by atoms with van der Waals surface area (Å²) in [5.41, 5.74) is 1.09. The zero-order valence-electron chi connectivity index (χ0n) is 15.5. The van der Waals surface area contributed by atoms with Gasteiger partial charge in [-0.3, -0.25) is 9.88 Å². The fourth-order valence-corrected chi connectivity index (χ4v) is 3.33. The van der Waals surface area contributed by atoms with E-state index >= 15 is 0 Å². The lowest BCUT2D eigenvalue weighted by molar-refractivity contribution is -0.142. The number of hydrogen-bond acceptors (Lipinski definition) is 6. The van der Waals surface area contributed by atoms with E-state index in [4.69, 9.17) is 4.74 Å². The first kappa shape index (κ1) is 20.5. The van der Waals surface area contributed by atoms with Crippen molar-refractivity contribution in [1.29, 1.82) is 0 Å². The maximum atomic E-state index is 12.4. The molecule has 0 aromatic carbocycles. The third kappa shape index (κ3) is 6.49. The highest BCUT2D eigenvalue weighted by molar-refractivity contribution is 7.98. The number of nitrogens with one attached hydrogen (secondary N) is 1. The summed E-state index contributed by atoms with van der Waals surface area (Å²) in [5, 5.41) is 2.82. The standard InChI is InChI=1S/C18H28N4O3S/c1-25-17(23)16(7-14-26-2)20-18(24)22-12-10-21(11-13-22)9-6-15-5-3-4-8-19-15/h3-5,8,16H,6-7,9-14H2,1-2H3,(H,20,24). The Morgan fingerprint density at radius 2 is 2.08 bits per heavy atom. The zero-order chi connectivity index (χ0) is 18.8. The van der Waals surface area contributed by atoms with Gasteiger partial charge in [0, 0.05) is 51.0 Å². The van der Waals surface area contributed by atoms with E-state index in [1.807, 2.05) is 30.7 Å². The molecule has 1 saturated heterocycles. The van der Waals surface area contributed by atoms with Gasteiger partial charge in [-0.1, -0.05) is 6.07 Å². The summed E-state index contributed by atoms with van der Waals surface area (Å²) >= 11 is 1.64. The molecule has 2 amide bonds. The number of aromatic nitrogens is 1. The Balaban J connectivity index is 1.75. The Morgan fingerprint density at radius 3 is 2.69 bits per heavy atom. The molecule has 26 heavy (non-hydrogen) atoms. The van der Waals surface area contributed by atoms with Crippen LogP contribution in [0.15, 0.2) is 24.4 Å². The minimum Gasteiger partial charge on any atom is -0.467 e. The quantitative estimate of drug-likeness (QED) is 0.684. The predicted octanol–water partition coefficient (Wildman–Crippen LogP) is 1.25. The second-order valence-electron chi connectivity index (χ2n) is 6.21. The van der Waals surface area contributed by atoms with Crippen LogP contribution in [0, 0.1) is 0 Å². The smallest absolute Gasteiger partial charge is 0.328 e. The van der Waals surface area contributed by atoms with Crippen molar-refractivity contribution < 1.29 is 14.3 Å². The molecule has 1 unspecified atom stereocenters. The molecule has 0 radical (unpaired) electrons. The van der Waals surface area contributed by atoms with Gasteiger partial charge in [-0.25, -0.2) is 9.59 Å². The normalized spacial score (nSPS) is 16.2. The fourth-order valence-electron chi connectivity index (χ4n) is 2.86. The van der Waals surface area contributed by atoms with E-state index in [2.05, 4.69) is 15.2 Å². The van der Waals surface area contributed by atoms with Gasteiger partial charge in [-0.15, -0.1) is 0 Å². The molecule has 1 aliphatic rings. The molecule has 8 heteroatoms. The third-order valence-corrected chi connectivity index (χ3v) is 5.11. The lowest BCUT2D eigenvalue weighted by Gasteiger charge is -2.35. The molecule has 2 rings (SSSR count). The second-order valence-corrected chi connectivity index (χ2v) is 7.19. The Bertz CT molecular complexity index is 565. The maximum absolute atomic E-state index is 12.4.